The maximum atomic E-state index is 6.33. The molecule has 1 saturated heterocycles. The number of rotatable bonds is 3. The van der Waals surface area contributed by atoms with E-state index in [1.165, 1.54) is 0 Å². The number of hydrogen-bond donors (Lipinski definition) is 0. The van der Waals surface area contributed by atoms with Crippen molar-refractivity contribution in [2.24, 2.45) is 7.05 Å². The van der Waals surface area contributed by atoms with E-state index in [0.29, 0.717) is 0 Å². The van der Waals surface area contributed by atoms with E-state index >= 15 is 0 Å². The molecule has 1 aliphatic heterocycles. The highest BCUT2D eigenvalue weighted by Crippen LogP contribution is 2.27. The number of morpholine rings is 1. The smallest absolute Gasteiger partial charge is 0.177 e. The van der Waals surface area contributed by atoms with Crippen LogP contribution in [-0.2, 0) is 18.2 Å². The Bertz CT molecular complexity index is 612. The van der Waals surface area contributed by atoms with Crippen LogP contribution in [0.3, 0.4) is 0 Å². The van der Waals surface area contributed by atoms with Crippen LogP contribution in [0.1, 0.15) is 30.7 Å². The lowest BCUT2D eigenvalue weighted by Crippen LogP contribution is -2.45. The second-order valence-electron chi connectivity index (χ2n) is 5.06. The molecule has 3 rings (SSSR count). The van der Waals surface area contributed by atoms with Crippen LogP contribution in [0, 0.1) is 0 Å². The van der Waals surface area contributed by atoms with Gasteiger partial charge in [-0.25, -0.2) is 14.3 Å². The third-order valence-electron chi connectivity index (χ3n) is 3.67. The van der Waals surface area contributed by atoms with Crippen LogP contribution >= 0.6 is 11.6 Å². The summed E-state index contributed by atoms with van der Waals surface area (Å²) in [7, 11) is 1.96. The highest BCUT2D eigenvalue weighted by molar-refractivity contribution is 6.20. The maximum Gasteiger partial charge on any atom is 0.177 e. The zero-order valence-electron chi connectivity index (χ0n) is 12.1. The van der Waals surface area contributed by atoms with Crippen LogP contribution in [0.25, 0.3) is 11.2 Å². The molecule has 0 N–H and O–H groups in total. The molecule has 2 aromatic heterocycles. The van der Waals surface area contributed by atoms with E-state index in [9.17, 15) is 0 Å². The molecule has 3 heterocycles. The molecule has 0 aromatic carbocycles. The van der Waals surface area contributed by atoms with Crippen molar-refractivity contribution in [2.75, 3.05) is 31.3 Å². The molecule has 1 atom stereocenters. The SMILES string of the molecule is CCc1nn(C)c2c1nc(C(C)Cl)n2N1CCOCC1. The normalized spacial score (nSPS) is 17.9. The first-order valence-corrected chi connectivity index (χ1v) is 7.48. The minimum absolute atomic E-state index is 0.144. The van der Waals surface area contributed by atoms with Gasteiger partial charge in [0.1, 0.15) is 11.3 Å². The number of fused-ring (bicyclic) bond motifs is 1. The summed E-state index contributed by atoms with van der Waals surface area (Å²) in [5.74, 6) is 0.881. The molecule has 1 aliphatic rings. The Balaban J connectivity index is 2.20. The first-order valence-electron chi connectivity index (χ1n) is 7.04. The minimum Gasteiger partial charge on any atom is -0.378 e. The Morgan fingerprint density at radius 2 is 2.05 bits per heavy atom. The number of aryl methyl sites for hydroxylation is 2. The van der Waals surface area contributed by atoms with Crippen molar-refractivity contribution in [1.82, 2.24) is 19.4 Å². The summed E-state index contributed by atoms with van der Waals surface area (Å²) in [4.78, 5) is 4.74. The van der Waals surface area contributed by atoms with Crippen LogP contribution in [0.4, 0.5) is 0 Å². The van der Waals surface area contributed by atoms with E-state index in [1.54, 1.807) is 0 Å². The first-order chi connectivity index (χ1) is 9.63. The zero-order valence-corrected chi connectivity index (χ0v) is 12.9. The molecule has 20 heavy (non-hydrogen) atoms. The number of alkyl halides is 1. The minimum atomic E-state index is -0.144. The molecule has 7 heteroatoms. The van der Waals surface area contributed by atoms with Crippen LogP contribution in [0.2, 0.25) is 0 Å². The fourth-order valence-corrected chi connectivity index (χ4v) is 2.85. The molecule has 1 unspecified atom stereocenters. The predicted octanol–water partition coefficient (Wildman–Crippen LogP) is 1.60. The van der Waals surface area contributed by atoms with E-state index in [2.05, 4.69) is 21.7 Å². The highest BCUT2D eigenvalue weighted by atomic mass is 35.5. The van der Waals surface area contributed by atoms with E-state index in [0.717, 1.165) is 55.4 Å². The van der Waals surface area contributed by atoms with Gasteiger partial charge >= 0.3 is 0 Å². The summed E-state index contributed by atoms with van der Waals surface area (Å²) < 4.78 is 9.46. The van der Waals surface area contributed by atoms with Crippen molar-refractivity contribution in [3.63, 3.8) is 0 Å². The Morgan fingerprint density at radius 3 is 2.65 bits per heavy atom. The van der Waals surface area contributed by atoms with E-state index in [1.807, 2.05) is 18.7 Å². The van der Waals surface area contributed by atoms with Gasteiger partial charge in [-0.2, -0.15) is 5.10 Å². The number of halogens is 1. The molecule has 2 aromatic rings. The lowest BCUT2D eigenvalue weighted by Gasteiger charge is -2.31. The van der Waals surface area contributed by atoms with Crippen molar-refractivity contribution < 1.29 is 4.74 Å². The molecule has 1 fully saturated rings. The van der Waals surface area contributed by atoms with Gasteiger partial charge in [-0.15, -0.1) is 11.6 Å². The lowest BCUT2D eigenvalue weighted by molar-refractivity contribution is 0.111. The van der Waals surface area contributed by atoms with Gasteiger partial charge in [-0.1, -0.05) is 6.92 Å². The van der Waals surface area contributed by atoms with Crippen LogP contribution < -0.4 is 5.01 Å². The summed E-state index contributed by atoms with van der Waals surface area (Å²) in [6.07, 6.45) is 0.869. The average Bonchev–Trinajstić information content (AvgIpc) is 2.98. The van der Waals surface area contributed by atoms with Gasteiger partial charge < -0.3 is 9.75 Å². The molecule has 6 nitrogen and oxygen atoms in total. The van der Waals surface area contributed by atoms with Crippen LogP contribution in [-0.4, -0.2) is 45.7 Å². The van der Waals surface area contributed by atoms with Gasteiger partial charge in [-0.05, 0) is 13.3 Å². The van der Waals surface area contributed by atoms with Gasteiger partial charge in [0.05, 0.1) is 37.4 Å². The summed E-state index contributed by atoms with van der Waals surface area (Å²) in [5.41, 5.74) is 3.00. The molecule has 0 spiro atoms. The van der Waals surface area contributed by atoms with Gasteiger partial charge in [0.15, 0.2) is 5.65 Å². The third kappa shape index (κ3) is 2.07. The molecule has 0 amide bonds. The standard InChI is InChI=1S/C13H20ClN5O/c1-4-10-11-13(17(3)16-10)19(12(15-11)9(2)14)18-5-7-20-8-6-18/h9H,4-8H2,1-3H3. The lowest BCUT2D eigenvalue weighted by atomic mass is 10.3. The number of nitrogens with zero attached hydrogens (tertiary/aromatic N) is 5. The first kappa shape index (κ1) is 13.7. The summed E-state index contributed by atoms with van der Waals surface area (Å²) in [5, 5.41) is 6.66. The Hall–Kier alpha value is -1.27. The largest absolute Gasteiger partial charge is 0.378 e. The predicted molar refractivity (Wildman–Crippen MR) is 78.9 cm³/mol. The highest BCUT2D eigenvalue weighted by Gasteiger charge is 2.25. The Kier molecular flexibility index (Phi) is 3.60. The number of hydrogen-bond acceptors (Lipinski definition) is 4. The monoisotopic (exact) mass is 297 g/mol. The van der Waals surface area contributed by atoms with Crippen molar-refractivity contribution >= 4 is 22.8 Å². The average molecular weight is 298 g/mol. The van der Waals surface area contributed by atoms with Gasteiger partial charge in [-0.3, -0.25) is 0 Å². The van der Waals surface area contributed by atoms with Crippen molar-refractivity contribution in [1.29, 1.82) is 0 Å². The van der Waals surface area contributed by atoms with Crippen molar-refractivity contribution in [3.05, 3.63) is 11.5 Å². The zero-order chi connectivity index (χ0) is 14.3. The fourth-order valence-electron chi connectivity index (χ4n) is 2.71. The number of aromatic nitrogens is 4. The molecular formula is C13H20ClN5O. The molecular weight excluding hydrogens is 278 g/mol. The Labute approximate surface area is 123 Å². The van der Waals surface area contributed by atoms with E-state index < -0.39 is 0 Å². The summed E-state index contributed by atoms with van der Waals surface area (Å²) in [6, 6.07) is 0. The van der Waals surface area contributed by atoms with Gasteiger partial charge in [0.2, 0.25) is 0 Å². The fraction of sp³-hybridized carbons (Fsp3) is 0.692. The van der Waals surface area contributed by atoms with E-state index in [-0.39, 0.29) is 5.38 Å². The number of ether oxygens (including phenoxy) is 1. The molecule has 0 bridgehead atoms. The second-order valence-corrected chi connectivity index (χ2v) is 5.71. The molecule has 0 aliphatic carbocycles. The summed E-state index contributed by atoms with van der Waals surface area (Å²) >= 11 is 6.33. The topological polar surface area (TPSA) is 48.1 Å². The number of imidazole rings is 1. The van der Waals surface area contributed by atoms with E-state index in [4.69, 9.17) is 21.3 Å². The van der Waals surface area contributed by atoms with Gasteiger partial charge in [0.25, 0.3) is 0 Å². The van der Waals surface area contributed by atoms with Crippen LogP contribution in [0.5, 0.6) is 0 Å². The van der Waals surface area contributed by atoms with Crippen LogP contribution in [0.15, 0.2) is 0 Å². The molecule has 0 radical (unpaired) electrons. The third-order valence-corrected chi connectivity index (χ3v) is 3.86. The quantitative estimate of drug-likeness (QED) is 0.808. The van der Waals surface area contributed by atoms with Crippen molar-refractivity contribution in [2.45, 2.75) is 25.6 Å². The molecule has 0 saturated carbocycles. The molecule has 110 valence electrons. The van der Waals surface area contributed by atoms with Gasteiger partial charge in [0, 0.05) is 7.05 Å². The maximum absolute atomic E-state index is 6.33. The summed E-state index contributed by atoms with van der Waals surface area (Å²) in [6.45, 7) is 7.20. The van der Waals surface area contributed by atoms with Crippen molar-refractivity contribution in [3.8, 4) is 0 Å². The Morgan fingerprint density at radius 1 is 1.35 bits per heavy atom. The second kappa shape index (κ2) is 5.26.